The van der Waals surface area contributed by atoms with Gasteiger partial charge in [-0.3, -0.25) is 10.1 Å². The van der Waals surface area contributed by atoms with Crippen LogP contribution in [0.4, 0.5) is 11.4 Å². The summed E-state index contributed by atoms with van der Waals surface area (Å²) >= 11 is 17.1. The molecule has 9 heteroatoms. The van der Waals surface area contributed by atoms with Crippen molar-refractivity contribution in [1.29, 1.82) is 0 Å². The molecule has 2 aromatic rings. The van der Waals surface area contributed by atoms with Crippen molar-refractivity contribution < 1.29 is 14.3 Å². The Morgan fingerprint density at radius 1 is 1.18 bits per heavy atom. The van der Waals surface area contributed by atoms with Crippen LogP contribution < -0.4 is 20.3 Å². The normalized spacial score (nSPS) is 13.7. The summed E-state index contributed by atoms with van der Waals surface area (Å²) in [6.07, 6.45) is 0. The molecule has 2 aromatic carbocycles. The van der Waals surface area contributed by atoms with Gasteiger partial charge in [0.1, 0.15) is 5.75 Å². The molecule has 1 aliphatic heterocycles. The zero-order valence-electron chi connectivity index (χ0n) is 14.9. The van der Waals surface area contributed by atoms with Crippen LogP contribution >= 0.6 is 35.4 Å². The molecule has 1 heterocycles. The predicted molar refractivity (Wildman–Crippen MR) is 116 cm³/mol. The van der Waals surface area contributed by atoms with E-state index in [0.717, 1.165) is 24.5 Å². The molecule has 0 spiro atoms. The van der Waals surface area contributed by atoms with Crippen LogP contribution in [0.2, 0.25) is 10.0 Å². The highest BCUT2D eigenvalue weighted by atomic mass is 35.5. The fraction of sp³-hybridized carbons (Fsp3) is 0.263. The molecule has 1 saturated heterocycles. The lowest BCUT2D eigenvalue weighted by molar-refractivity contribution is -0.121. The van der Waals surface area contributed by atoms with E-state index in [9.17, 15) is 4.79 Å². The maximum absolute atomic E-state index is 12.1. The molecule has 0 aliphatic carbocycles. The Bertz CT molecular complexity index is 860. The van der Waals surface area contributed by atoms with Crippen LogP contribution in [0.5, 0.6) is 5.75 Å². The zero-order valence-corrected chi connectivity index (χ0v) is 17.2. The zero-order chi connectivity index (χ0) is 19.9. The Labute approximate surface area is 178 Å². The number of hydrogen-bond acceptors (Lipinski definition) is 5. The Kier molecular flexibility index (Phi) is 7.33. The first kappa shape index (κ1) is 20.7. The first-order chi connectivity index (χ1) is 13.5. The van der Waals surface area contributed by atoms with Gasteiger partial charge in [0.25, 0.3) is 5.91 Å². The number of benzene rings is 2. The molecule has 6 nitrogen and oxygen atoms in total. The molecule has 0 radical (unpaired) electrons. The summed E-state index contributed by atoms with van der Waals surface area (Å²) in [4.78, 5) is 14.3. The fourth-order valence-corrected chi connectivity index (χ4v) is 3.40. The number of hydrogen-bond donors (Lipinski definition) is 2. The number of thiocarbonyl (C=S) groups is 1. The van der Waals surface area contributed by atoms with E-state index in [-0.39, 0.29) is 11.7 Å². The van der Waals surface area contributed by atoms with Crippen LogP contribution in [0.1, 0.15) is 0 Å². The van der Waals surface area contributed by atoms with E-state index < -0.39 is 5.91 Å². The first-order valence-corrected chi connectivity index (χ1v) is 9.80. The third kappa shape index (κ3) is 5.72. The van der Waals surface area contributed by atoms with Gasteiger partial charge in [0.05, 0.1) is 29.6 Å². The molecule has 28 heavy (non-hydrogen) atoms. The number of carbonyl (C=O) groups is 1. The third-order valence-corrected chi connectivity index (χ3v) is 4.74. The minimum absolute atomic E-state index is 0.191. The summed E-state index contributed by atoms with van der Waals surface area (Å²) in [5.41, 5.74) is 1.82. The molecule has 0 aromatic heterocycles. The first-order valence-electron chi connectivity index (χ1n) is 8.63. The van der Waals surface area contributed by atoms with Crippen molar-refractivity contribution in [1.82, 2.24) is 5.32 Å². The molecule has 1 aliphatic rings. The van der Waals surface area contributed by atoms with Crippen molar-refractivity contribution in [3.05, 3.63) is 52.5 Å². The second-order valence-electron chi connectivity index (χ2n) is 5.98. The smallest absolute Gasteiger partial charge is 0.264 e. The number of halogens is 2. The van der Waals surface area contributed by atoms with Gasteiger partial charge in [0.15, 0.2) is 11.7 Å². The van der Waals surface area contributed by atoms with Gasteiger partial charge in [-0.05, 0) is 42.5 Å². The third-order valence-electron chi connectivity index (χ3n) is 4.01. The van der Waals surface area contributed by atoms with Gasteiger partial charge in [-0.15, -0.1) is 0 Å². The van der Waals surface area contributed by atoms with Crippen molar-refractivity contribution in [2.45, 2.75) is 0 Å². The Hall–Kier alpha value is -2.06. The highest BCUT2D eigenvalue weighted by Gasteiger charge is 2.15. The van der Waals surface area contributed by atoms with Crippen LogP contribution in [0, 0.1) is 0 Å². The van der Waals surface area contributed by atoms with Crippen LogP contribution in [0.25, 0.3) is 0 Å². The summed E-state index contributed by atoms with van der Waals surface area (Å²) in [6, 6.07) is 12.6. The number of carbonyl (C=O) groups excluding carboxylic acids is 1. The number of ether oxygens (including phenoxy) is 2. The largest absolute Gasteiger partial charge is 0.482 e. The molecular formula is C19H19Cl2N3O3S. The average Bonchev–Trinajstić information content (AvgIpc) is 2.68. The van der Waals surface area contributed by atoms with E-state index in [0.29, 0.717) is 29.0 Å². The van der Waals surface area contributed by atoms with Crippen LogP contribution in [-0.4, -0.2) is 43.9 Å². The van der Waals surface area contributed by atoms with Crippen molar-refractivity contribution in [3.8, 4) is 5.75 Å². The second-order valence-corrected chi connectivity index (χ2v) is 7.23. The van der Waals surface area contributed by atoms with Gasteiger partial charge in [0, 0.05) is 18.1 Å². The lowest BCUT2D eigenvalue weighted by atomic mass is 10.2. The highest BCUT2D eigenvalue weighted by Crippen LogP contribution is 2.28. The molecule has 1 amide bonds. The van der Waals surface area contributed by atoms with Gasteiger partial charge in [-0.2, -0.15) is 0 Å². The number of nitrogens with zero attached hydrogens (tertiary/aromatic N) is 1. The second kappa shape index (κ2) is 9.93. The molecular weight excluding hydrogens is 421 g/mol. The van der Waals surface area contributed by atoms with E-state index in [1.165, 1.54) is 0 Å². The molecule has 148 valence electrons. The maximum Gasteiger partial charge on any atom is 0.264 e. The van der Waals surface area contributed by atoms with Crippen molar-refractivity contribution in [2.75, 3.05) is 43.1 Å². The summed E-state index contributed by atoms with van der Waals surface area (Å²) in [6.45, 7) is 2.73. The van der Waals surface area contributed by atoms with Crippen molar-refractivity contribution >= 4 is 57.8 Å². The Morgan fingerprint density at radius 3 is 2.68 bits per heavy atom. The molecule has 0 saturated carbocycles. The lowest BCUT2D eigenvalue weighted by Crippen LogP contribution is -2.39. The number of anilines is 2. The summed E-state index contributed by atoms with van der Waals surface area (Å²) in [5.74, 6) is -0.0230. The van der Waals surface area contributed by atoms with E-state index in [4.69, 9.17) is 44.9 Å². The summed E-state index contributed by atoms with van der Waals surface area (Å²) < 4.78 is 10.8. The average molecular weight is 440 g/mol. The highest BCUT2D eigenvalue weighted by molar-refractivity contribution is 7.80. The van der Waals surface area contributed by atoms with Crippen LogP contribution in [0.15, 0.2) is 42.5 Å². The van der Waals surface area contributed by atoms with Crippen LogP contribution in [-0.2, 0) is 9.53 Å². The van der Waals surface area contributed by atoms with Gasteiger partial charge in [-0.1, -0.05) is 35.3 Å². The summed E-state index contributed by atoms with van der Waals surface area (Å²) in [5, 5.41) is 6.69. The quantitative estimate of drug-likeness (QED) is 0.692. The lowest BCUT2D eigenvalue weighted by Gasteiger charge is -2.30. The number of morpholine rings is 1. The van der Waals surface area contributed by atoms with Gasteiger partial charge < -0.3 is 19.7 Å². The predicted octanol–water partition coefficient (Wildman–Crippen LogP) is 3.72. The van der Waals surface area contributed by atoms with E-state index >= 15 is 0 Å². The van der Waals surface area contributed by atoms with Crippen LogP contribution in [0.3, 0.4) is 0 Å². The van der Waals surface area contributed by atoms with Gasteiger partial charge in [0.2, 0.25) is 0 Å². The topological polar surface area (TPSA) is 62.8 Å². The molecule has 0 atom stereocenters. The van der Waals surface area contributed by atoms with E-state index in [1.54, 1.807) is 18.2 Å². The van der Waals surface area contributed by atoms with Gasteiger partial charge in [-0.25, -0.2) is 0 Å². The SMILES string of the molecule is O=C(COc1ccc(Cl)cc1Cl)NC(=S)Nc1ccccc1N1CCOCC1. The molecule has 0 bridgehead atoms. The Balaban J connectivity index is 1.54. The molecule has 3 rings (SSSR count). The van der Waals surface area contributed by atoms with Crippen molar-refractivity contribution in [2.24, 2.45) is 0 Å². The number of nitrogens with one attached hydrogen (secondary N) is 2. The fourth-order valence-electron chi connectivity index (χ4n) is 2.71. The minimum Gasteiger partial charge on any atom is -0.482 e. The number of amides is 1. The van der Waals surface area contributed by atoms with E-state index in [1.807, 2.05) is 24.3 Å². The molecule has 2 N–H and O–H groups in total. The standard InChI is InChI=1S/C19H19Cl2N3O3S/c20-13-5-6-17(14(21)11-13)27-12-18(25)23-19(28)22-15-3-1-2-4-16(15)24-7-9-26-10-8-24/h1-6,11H,7-10,12H2,(H2,22,23,25,28). The Morgan fingerprint density at radius 2 is 1.93 bits per heavy atom. The minimum atomic E-state index is -0.396. The van der Waals surface area contributed by atoms with E-state index in [2.05, 4.69) is 15.5 Å². The summed E-state index contributed by atoms with van der Waals surface area (Å²) in [7, 11) is 0. The van der Waals surface area contributed by atoms with Crippen molar-refractivity contribution in [3.63, 3.8) is 0 Å². The monoisotopic (exact) mass is 439 g/mol. The molecule has 1 fully saturated rings. The molecule has 0 unspecified atom stereocenters. The number of para-hydroxylation sites is 2. The maximum atomic E-state index is 12.1. The van der Waals surface area contributed by atoms with Gasteiger partial charge >= 0.3 is 0 Å². The number of rotatable bonds is 5.